The molecule has 3 nitrogen and oxygen atoms in total. The van der Waals surface area contributed by atoms with Crippen LogP contribution in [0.2, 0.25) is 5.02 Å². The van der Waals surface area contributed by atoms with Gasteiger partial charge in [-0.05, 0) is 59.4 Å². The number of benzene rings is 1. The zero-order valence-corrected chi connectivity index (χ0v) is 14.5. The van der Waals surface area contributed by atoms with E-state index in [1.54, 1.807) is 0 Å². The van der Waals surface area contributed by atoms with Crippen molar-refractivity contribution in [3.05, 3.63) is 33.3 Å². The van der Waals surface area contributed by atoms with Gasteiger partial charge in [0, 0.05) is 30.1 Å². The van der Waals surface area contributed by atoms with Gasteiger partial charge in [-0.25, -0.2) is 0 Å². The van der Waals surface area contributed by atoms with E-state index in [0.29, 0.717) is 12.0 Å². The average molecular weight is 375 g/mol. The van der Waals surface area contributed by atoms with Gasteiger partial charge >= 0.3 is 0 Å². The first kappa shape index (κ1) is 15.8. The molecular weight excluding hydrogens is 354 g/mol. The van der Waals surface area contributed by atoms with Crippen molar-refractivity contribution in [2.24, 2.45) is 5.92 Å². The van der Waals surface area contributed by atoms with Gasteiger partial charge in [-0.1, -0.05) is 17.7 Å². The third-order valence-electron chi connectivity index (χ3n) is 4.68. The maximum absolute atomic E-state index is 6.26. The summed E-state index contributed by atoms with van der Waals surface area (Å²) in [5, 5.41) is 4.23. The molecule has 2 aliphatic rings. The van der Waals surface area contributed by atoms with Gasteiger partial charge < -0.3 is 14.8 Å². The van der Waals surface area contributed by atoms with Crippen LogP contribution < -0.4 is 5.32 Å². The lowest BCUT2D eigenvalue weighted by molar-refractivity contribution is -0.103. The molecule has 3 unspecified atom stereocenters. The number of hydrogen-bond acceptors (Lipinski definition) is 3. The smallest absolute Gasteiger partial charge is 0.0940 e. The molecule has 0 bridgehead atoms. The van der Waals surface area contributed by atoms with Crippen LogP contribution in [-0.2, 0) is 9.47 Å². The molecular formula is C16H21BrClNO2. The van der Waals surface area contributed by atoms with E-state index < -0.39 is 0 Å². The van der Waals surface area contributed by atoms with Crippen LogP contribution in [-0.4, -0.2) is 32.5 Å². The zero-order valence-electron chi connectivity index (χ0n) is 12.2. The van der Waals surface area contributed by atoms with E-state index in [4.69, 9.17) is 21.1 Å². The molecule has 0 aromatic heterocycles. The van der Waals surface area contributed by atoms with Crippen molar-refractivity contribution in [1.29, 1.82) is 0 Å². The Bertz CT molecular complexity index is 505. The molecule has 3 atom stereocenters. The minimum Gasteiger partial charge on any atom is -0.378 e. The van der Waals surface area contributed by atoms with Gasteiger partial charge in [0.05, 0.1) is 17.2 Å². The van der Waals surface area contributed by atoms with Crippen molar-refractivity contribution < 1.29 is 9.47 Å². The van der Waals surface area contributed by atoms with Gasteiger partial charge in [0.25, 0.3) is 0 Å². The van der Waals surface area contributed by atoms with E-state index in [2.05, 4.69) is 33.4 Å². The molecule has 3 rings (SSSR count). The van der Waals surface area contributed by atoms with Crippen LogP contribution >= 0.6 is 27.5 Å². The van der Waals surface area contributed by atoms with Crippen LogP contribution in [0.25, 0.3) is 0 Å². The molecule has 2 fully saturated rings. The Hall–Kier alpha value is -0.130. The third kappa shape index (κ3) is 3.30. The normalized spacial score (nSPS) is 30.7. The quantitative estimate of drug-likeness (QED) is 0.869. The first-order valence-electron chi connectivity index (χ1n) is 7.47. The Morgan fingerprint density at radius 3 is 2.95 bits per heavy atom. The Morgan fingerprint density at radius 2 is 2.29 bits per heavy atom. The standard InChI is InChI=1S/C16H21BrClNO2/c1-19-15(11-2-3-13(17)14(18)8-11)12-4-6-21-16(9-12)5-7-20-10-16/h2-3,8,12,15,19H,4-7,9-10H2,1H3. The summed E-state index contributed by atoms with van der Waals surface area (Å²) in [7, 11) is 2.02. The fourth-order valence-electron chi connectivity index (χ4n) is 3.59. The predicted octanol–water partition coefficient (Wildman–Crippen LogP) is 3.95. The van der Waals surface area contributed by atoms with E-state index in [1.165, 1.54) is 5.56 Å². The minimum atomic E-state index is -0.0584. The first-order chi connectivity index (χ1) is 10.1. The van der Waals surface area contributed by atoms with E-state index >= 15 is 0 Å². The highest BCUT2D eigenvalue weighted by molar-refractivity contribution is 9.10. The van der Waals surface area contributed by atoms with Crippen LogP contribution in [0.15, 0.2) is 22.7 Å². The first-order valence-corrected chi connectivity index (χ1v) is 8.64. The summed E-state index contributed by atoms with van der Waals surface area (Å²) in [5.41, 5.74) is 1.18. The van der Waals surface area contributed by atoms with Gasteiger partial charge in [0.2, 0.25) is 0 Å². The van der Waals surface area contributed by atoms with Gasteiger partial charge in [0.1, 0.15) is 0 Å². The number of rotatable bonds is 3. The van der Waals surface area contributed by atoms with Gasteiger partial charge in [-0.15, -0.1) is 0 Å². The van der Waals surface area contributed by atoms with Gasteiger partial charge in [-0.3, -0.25) is 0 Å². The summed E-state index contributed by atoms with van der Waals surface area (Å²) in [6.07, 6.45) is 3.13. The molecule has 1 aromatic carbocycles. The number of halogens is 2. The molecule has 2 saturated heterocycles. The summed E-state index contributed by atoms with van der Waals surface area (Å²) >= 11 is 9.71. The van der Waals surface area contributed by atoms with Crippen molar-refractivity contribution in [1.82, 2.24) is 5.32 Å². The molecule has 0 amide bonds. The summed E-state index contributed by atoms with van der Waals surface area (Å²) in [6, 6.07) is 6.53. The van der Waals surface area contributed by atoms with Crippen LogP contribution in [0.3, 0.4) is 0 Å². The molecule has 1 aromatic rings. The fourth-order valence-corrected chi connectivity index (χ4v) is 4.03. The molecule has 0 radical (unpaired) electrons. The fraction of sp³-hybridized carbons (Fsp3) is 0.625. The van der Waals surface area contributed by atoms with Crippen molar-refractivity contribution in [3.8, 4) is 0 Å². The Balaban J connectivity index is 1.80. The highest BCUT2D eigenvalue weighted by Crippen LogP contribution is 2.41. The number of hydrogen-bond donors (Lipinski definition) is 1. The second-order valence-corrected chi connectivity index (χ2v) is 7.29. The second kappa shape index (κ2) is 6.55. The van der Waals surface area contributed by atoms with Crippen LogP contribution in [0.1, 0.15) is 30.9 Å². The highest BCUT2D eigenvalue weighted by atomic mass is 79.9. The number of nitrogens with one attached hydrogen (secondary N) is 1. The third-order valence-corrected chi connectivity index (χ3v) is 5.92. The molecule has 21 heavy (non-hydrogen) atoms. The van der Waals surface area contributed by atoms with Crippen LogP contribution in [0.5, 0.6) is 0 Å². The molecule has 2 heterocycles. The minimum absolute atomic E-state index is 0.0584. The SMILES string of the molecule is CNC(c1ccc(Br)c(Cl)c1)C1CCOC2(CCOC2)C1. The molecule has 0 aliphatic carbocycles. The molecule has 5 heteroatoms. The van der Waals surface area contributed by atoms with Crippen LogP contribution in [0.4, 0.5) is 0 Å². The lowest BCUT2D eigenvalue weighted by atomic mass is 9.79. The van der Waals surface area contributed by atoms with Gasteiger partial charge in [-0.2, -0.15) is 0 Å². The average Bonchev–Trinajstić information content (AvgIpc) is 2.91. The number of ether oxygens (including phenoxy) is 2. The summed E-state index contributed by atoms with van der Waals surface area (Å²) in [5.74, 6) is 0.544. The monoisotopic (exact) mass is 373 g/mol. The summed E-state index contributed by atoms with van der Waals surface area (Å²) in [4.78, 5) is 0. The predicted molar refractivity (Wildman–Crippen MR) is 87.8 cm³/mol. The summed E-state index contributed by atoms with van der Waals surface area (Å²) < 4.78 is 12.6. The van der Waals surface area contributed by atoms with E-state index in [0.717, 1.165) is 48.6 Å². The van der Waals surface area contributed by atoms with Crippen molar-refractivity contribution in [2.75, 3.05) is 26.9 Å². The molecule has 2 aliphatic heterocycles. The van der Waals surface area contributed by atoms with Crippen molar-refractivity contribution >= 4 is 27.5 Å². The molecule has 1 spiro atoms. The van der Waals surface area contributed by atoms with E-state index in [1.807, 2.05) is 13.1 Å². The second-order valence-electron chi connectivity index (χ2n) is 6.03. The zero-order chi connectivity index (χ0) is 14.9. The van der Waals surface area contributed by atoms with Crippen molar-refractivity contribution in [2.45, 2.75) is 30.9 Å². The molecule has 116 valence electrons. The largest absolute Gasteiger partial charge is 0.378 e. The van der Waals surface area contributed by atoms with E-state index in [-0.39, 0.29) is 5.60 Å². The molecule has 1 N–H and O–H groups in total. The van der Waals surface area contributed by atoms with Gasteiger partial charge in [0.15, 0.2) is 0 Å². The molecule has 0 saturated carbocycles. The topological polar surface area (TPSA) is 30.5 Å². The van der Waals surface area contributed by atoms with Crippen LogP contribution in [0, 0.1) is 5.92 Å². The highest BCUT2D eigenvalue weighted by Gasteiger charge is 2.43. The Labute approximate surface area is 139 Å². The van der Waals surface area contributed by atoms with Crippen molar-refractivity contribution in [3.63, 3.8) is 0 Å². The lowest BCUT2D eigenvalue weighted by Gasteiger charge is -2.40. The maximum Gasteiger partial charge on any atom is 0.0940 e. The Kier molecular flexibility index (Phi) is 4.91. The maximum atomic E-state index is 6.26. The Morgan fingerprint density at radius 1 is 1.43 bits per heavy atom. The summed E-state index contributed by atoms with van der Waals surface area (Å²) in [6.45, 7) is 2.37. The van der Waals surface area contributed by atoms with E-state index in [9.17, 15) is 0 Å². The lowest BCUT2D eigenvalue weighted by Crippen LogP contribution is -2.43.